The van der Waals surface area contributed by atoms with Crippen LogP contribution in [0.4, 0.5) is 5.82 Å². The van der Waals surface area contributed by atoms with Crippen LogP contribution in [0.3, 0.4) is 0 Å². The smallest absolute Gasteiger partial charge is 0.273 e. The molecular weight excluding hydrogens is 336 g/mol. The maximum Gasteiger partial charge on any atom is 0.273 e. The Hall–Kier alpha value is -1.99. The van der Waals surface area contributed by atoms with Gasteiger partial charge in [0.1, 0.15) is 11.5 Å². The van der Waals surface area contributed by atoms with E-state index >= 15 is 0 Å². The number of carbonyl (C=O) groups excluding carboxylic acids is 1. The van der Waals surface area contributed by atoms with Crippen LogP contribution >= 0.6 is 11.3 Å². The zero-order valence-corrected chi connectivity index (χ0v) is 14.9. The molecule has 0 bridgehead atoms. The van der Waals surface area contributed by atoms with Gasteiger partial charge in [0.15, 0.2) is 0 Å². The van der Waals surface area contributed by atoms with Crippen LogP contribution in [-0.2, 0) is 4.74 Å². The van der Waals surface area contributed by atoms with E-state index in [-0.39, 0.29) is 17.4 Å². The summed E-state index contributed by atoms with van der Waals surface area (Å²) in [6.07, 6.45) is 4.91. The fourth-order valence-electron chi connectivity index (χ4n) is 3.97. The largest absolute Gasteiger partial charge is 0.377 e. The van der Waals surface area contributed by atoms with Crippen molar-refractivity contribution in [2.45, 2.75) is 25.4 Å². The zero-order valence-electron chi connectivity index (χ0n) is 14.1. The molecule has 4 heterocycles. The molecule has 2 aromatic rings. The van der Waals surface area contributed by atoms with Gasteiger partial charge in [-0.05, 0) is 31.4 Å². The summed E-state index contributed by atoms with van der Waals surface area (Å²) in [5, 5.41) is 5.22. The first-order chi connectivity index (χ1) is 12.3. The highest BCUT2D eigenvalue weighted by molar-refractivity contribution is 7.07. The van der Waals surface area contributed by atoms with Crippen LogP contribution in [-0.4, -0.2) is 53.1 Å². The number of hydrogen-bond acceptors (Lipinski definition) is 6. The third-order valence-electron chi connectivity index (χ3n) is 5.30. The van der Waals surface area contributed by atoms with Crippen molar-refractivity contribution < 1.29 is 9.53 Å². The van der Waals surface area contributed by atoms with E-state index in [9.17, 15) is 4.79 Å². The van der Waals surface area contributed by atoms with Crippen LogP contribution in [0.15, 0.2) is 35.3 Å². The summed E-state index contributed by atoms with van der Waals surface area (Å²) in [5.74, 6) is 0.934. The lowest BCUT2D eigenvalue weighted by atomic mass is 9.74. The van der Waals surface area contributed by atoms with Crippen LogP contribution in [0.2, 0.25) is 0 Å². The first-order valence-corrected chi connectivity index (χ1v) is 9.65. The molecule has 2 aromatic heterocycles. The third-order valence-corrected chi connectivity index (χ3v) is 5.89. The zero-order chi connectivity index (χ0) is 17.1. The number of pyridine rings is 1. The number of ether oxygens (including phenoxy) is 1. The van der Waals surface area contributed by atoms with Crippen molar-refractivity contribution in [2.75, 3.05) is 31.6 Å². The van der Waals surface area contributed by atoms with Crippen LogP contribution in [0, 0.1) is 5.41 Å². The van der Waals surface area contributed by atoms with E-state index in [1.807, 2.05) is 28.5 Å². The number of aromatic nitrogens is 2. The van der Waals surface area contributed by atoms with Crippen molar-refractivity contribution in [1.29, 1.82) is 0 Å². The third kappa shape index (κ3) is 3.39. The minimum Gasteiger partial charge on any atom is -0.377 e. The molecule has 0 spiro atoms. The molecule has 1 amide bonds. The number of nitrogens with one attached hydrogen (secondary N) is 1. The lowest BCUT2D eigenvalue weighted by Gasteiger charge is -2.43. The lowest BCUT2D eigenvalue weighted by Crippen LogP contribution is -2.52. The Balaban J connectivity index is 1.43. The first-order valence-electron chi connectivity index (χ1n) is 8.71. The van der Waals surface area contributed by atoms with Gasteiger partial charge in [-0.15, -0.1) is 11.3 Å². The molecule has 2 saturated heterocycles. The highest BCUT2D eigenvalue weighted by atomic mass is 32.1. The molecular formula is C18H22N4O2S. The Morgan fingerprint density at radius 1 is 1.44 bits per heavy atom. The van der Waals surface area contributed by atoms with Gasteiger partial charge in [0, 0.05) is 43.2 Å². The fraction of sp³-hybridized carbons (Fsp3) is 0.500. The lowest BCUT2D eigenvalue weighted by molar-refractivity contribution is -0.0151. The number of hydrogen-bond donors (Lipinski definition) is 1. The number of thiazole rings is 1. The van der Waals surface area contributed by atoms with Crippen molar-refractivity contribution in [1.82, 2.24) is 14.9 Å². The highest BCUT2D eigenvalue weighted by Gasteiger charge is 2.48. The SMILES string of the molecule is O=C(c1cscn1)N1CC[C@@H]2OCC[C@]2(CCNc2ccccn2)C1. The Morgan fingerprint density at radius 3 is 3.20 bits per heavy atom. The summed E-state index contributed by atoms with van der Waals surface area (Å²) >= 11 is 1.46. The molecule has 7 heteroatoms. The molecule has 6 nitrogen and oxygen atoms in total. The molecule has 0 saturated carbocycles. The quantitative estimate of drug-likeness (QED) is 0.890. The molecule has 0 aliphatic carbocycles. The van der Waals surface area contributed by atoms with Gasteiger partial charge < -0.3 is 15.0 Å². The Morgan fingerprint density at radius 2 is 2.40 bits per heavy atom. The van der Waals surface area contributed by atoms with E-state index in [0.29, 0.717) is 5.69 Å². The Kier molecular flexibility index (Phi) is 4.67. The first kappa shape index (κ1) is 16.5. The predicted molar refractivity (Wildman–Crippen MR) is 96.8 cm³/mol. The number of rotatable bonds is 5. The summed E-state index contributed by atoms with van der Waals surface area (Å²) in [6.45, 7) is 3.11. The van der Waals surface area contributed by atoms with E-state index in [0.717, 1.165) is 51.3 Å². The predicted octanol–water partition coefficient (Wildman–Crippen LogP) is 2.66. The summed E-state index contributed by atoms with van der Waals surface area (Å²) in [7, 11) is 0. The second kappa shape index (κ2) is 7.09. The summed E-state index contributed by atoms with van der Waals surface area (Å²) in [4.78, 5) is 23.1. The van der Waals surface area contributed by atoms with Crippen molar-refractivity contribution in [2.24, 2.45) is 5.41 Å². The molecule has 1 N–H and O–H groups in total. The average Bonchev–Trinajstić information content (AvgIpc) is 3.31. The fourth-order valence-corrected chi connectivity index (χ4v) is 4.50. The standard InChI is InChI=1S/C18H22N4O2S/c23-17(14-11-25-13-21-14)22-9-4-15-18(12-22,6-10-24-15)5-8-20-16-3-1-2-7-19-16/h1-3,7,11,13,15H,4-6,8-10,12H2,(H,19,20)/t15-,18+/m0/s1. The van der Waals surface area contributed by atoms with E-state index in [2.05, 4.69) is 15.3 Å². The van der Waals surface area contributed by atoms with Crippen molar-refractivity contribution in [3.63, 3.8) is 0 Å². The number of likely N-dealkylation sites (tertiary alicyclic amines) is 1. The van der Waals surface area contributed by atoms with E-state index in [1.165, 1.54) is 11.3 Å². The van der Waals surface area contributed by atoms with Crippen LogP contribution in [0.25, 0.3) is 0 Å². The number of piperidine rings is 1. The maximum absolute atomic E-state index is 12.7. The molecule has 0 radical (unpaired) electrons. The van der Waals surface area contributed by atoms with Gasteiger partial charge in [0.2, 0.25) is 0 Å². The molecule has 25 heavy (non-hydrogen) atoms. The summed E-state index contributed by atoms with van der Waals surface area (Å²) < 4.78 is 5.99. The van der Waals surface area contributed by atoms with Crippen LogP contribution in [0.5, 0.6) is 0 Å². The van der Waals surface area contributed by atoms with E-state index in [1.54, 1.807) is 11.7 Å². The van der Waals surface area contributed by atoms with Gasteiger partial charge in [0.25, 0.3) is 5.91 Å². The monoisotopic (exact) mass is 358 g/mol. The molecule has 2 atom stereocenters. The maximum atomic E-state index is 12.7. The number of fused-ring (bicyclic) bond motifs is 1. The summed E-state index contributed by atoms with van der Waals surface area (Å²) in [6, 6.07) is 5.86. The molecule has 2 fully saturated rings. The van der Waals surface area contributed by atoms with Gasteiger partial charge in [0.05, 0.1) is 11.6 Å². The molecule has 2 aliphatic rings. The van der Waals surface area contributed by atoms with Crippen molar-refractivity contribution >= 4 is 23.1 Å². The number of carbonyl (C=O) groups is 1. The molecule has 132 valence electrons. The summed E-state index contributed by atoms with van der Waals surface area (Å²) in [5.41, 5.74) is 2.31. The number of amides is 1. The molecule has 0 unspecified atom stereocenters. The molecule has 2 aliphatic heterocycles. The average molecular weight is 358 g/mol. The van der Waals surface area contributed by atoms with Crippen LogP contribution < -0.4 is 5.32 Å². The second-order valence-electron chi connectivity index (χ2n) is 6.75. The minimum atomic E-state index is 0.0334. The van der Waals surface area contributed by atoms with Gasteiger partial charge in [-0.1, -0.05) is 6.07 Å². The number of anilines is 1. The second-order valence-corrected chi connectivity index (χ2v) is 7.47. The molecule has 4 rings (SSSR count). The van der Waals surface area contributed by atoms with E-state index in [4.69, 9.17) is 4.74 Å². The van der Waals surface area contributed by atoms with Crippen molar-refractivity contribution in [3.8, 4) is 0 Å². The van der Waals surface area contributed by atoms with Gasteiger partial charge >= 0.3 is 0 Å². The van der Waals surface area contributed by atoms with Crippen LogP contribution in [0.1, 0.15) is 29.8 Å². The Bertz CT molecular complexity index is 709. The van der Waals surface area contributed by atoms with Gasteiger partial charge in [-0.25, -0.2) is 9.97 Å². The highest BCUT2D eigenvalue weighted by Crippen LogP contribution is 2.43. The topological polar surface area (TPSA) is 67.4 Å². The van der Waals surface area contributed by atoms with Crippen molar-refractivity contribution in [3.05, 3.63) is 41.0 Å². The normalized spacial score (nSPS) is 25.6. The van der Waals surface area contributed by atoms with Gasteiger partial charge in [-0.2, -0.15) is 0 Å². The van der Waals surface area contributed by atoms with E-state index < -0.39 is 0 Å². The van der Waals surface area contributed by atoms with Gasteiger partial charge in [-0.3, -0.25) is 4.79 Å². The minimum absolute atomic E-state index is 0.0334. The Labute approximate surface area is 151 Å². The molecule has 0 aromatic carbocycles. The number of nitrogens with zero attached hydrogens (tertiary/aromatic N) is 3.